The number of piperidine rings is 1. The molecule has 1 aromatic rings. The number of primary amides is 1. The molecule has 1 aliphatic rings. The standard InChI is InChI=1S/C14H23N5O3/c1-2-12-17-13(22-18-12)3-6-16-14(21)10-4-7-19(8-5-10)9-11(15)20/h10H,2-9H2,1H3,(H2,15,20)(H,16,21). The summed E-state index contributed by atoms with van der Waals surface area (Å²) in [5, 5.41) is 6.72. The molecule has 1 aliphatic heterocycles. The Balaban J connectivity index is 1.66. The lowest BCUT2D eigenvalue weighted by Gasteiger charge is -2.30. The van der Waals surface area contributed by atoms with Crippen LogP contribution >= 0.6 is 0 Å². The molecule has 8 nitrogen and oxygen atoms in total. The van der Waals surface area contributed by atoms with Crippen LogP contribution in [0.15, 0.2) is 4.52 Å². The Morgan fingerprint density at radius 2 is 2.14 bits per heavy atom. The van der Waals surface area contributed by atoms with Gasteiger partial charge in [0.2, 0.25) is 17.7 Å². The van der Waals surface area contributed by atoms with Gasteiger partial charge in [0.25, 0.3) is 0 Å². The molecule has 1 saturated heterocycles. The molecule has 1 fully saturated rings. The monoisotopic (exact) mass is 309 g/mol. The number of carbonyl (C=O) groups excluding carboxylic acids is 2. The van der Waals surface area contributed by atoms with E-state index in [2.05, 4.69) is 15.5 Å². The van der Waals surface area contributed by atoms with Crippen molar-refractivity contribution in [2.75, 3.05) is 26.2 Å². The smallest absolute Gasteiger partial charge is 0.231 e. The third-order valence-corrected chi connectivity index (χ3v) is 3.80. The van der Waals surface area contributed by atoms with E-state index < -0.39 is 0 Å². The fourth-order valence-electron chi connectivity index (χ4n) is 2.55. The fraction of sp³-hybridized carbons (Fsp3) is 0.714. The highest BCUT2D eigenvalue weighted by molar-refractivity contribution is 5.79. The molecule has 0 atom stereocenters. The van der Waals surface area contributed by atoms with Crippen LogP contribution in [0.4, 0.5) is 0 Å². The largest absolute Gasteiger partial charge is 0.369 e. The molecule has 0 aliphatic carbocycles. The van der Waals surface area contributed by atoms with E-state index >= 15 is 0 Å². The van der Waals surface area contributed by atoms with Gasteiger partial charge in [0.05, 0.1) is 6.54 Å². The zero-order valence-electron chi connectivity index (χ0n) is 12.9. The summed E-state index contributed by atoms with van der Waals surface area (Å²) in [5.74, 6) is 0.956. The molecule has 0 radical (unpaired) electrons. The van der Waals surface area contributed by atoms with Crippen molar-refractivity contribution in [1.29, 1.82) is 0 Å². The molecule has 1 aromatic heterocycles. The summed E-state index contributed by atoms with van der Waals surface area (Å²) in [7, 11) is 0. The molecule has 8 heteroatoms. The summed E-state index contributed by atoms with van der Waals surface area (Å²) in [6, 6.07) is 0. The maximum Gasteiger partial charge on any atom is 0.231 e. The van der Waals surface area contributed by atoms with E-state index in [0.717, 1.165) is 32.4 Å². The molecular formula is C14H23N5O3. The topological polar surface area (TPSA) is 114 Å². The zero-order chi connectivity index (χ0) is 15.9. The van der Waals surface area contributed by atoms with Gasteiger partial charge in [-0.25, -0.2) is 0 Å². The van der Waals surface area contributed by atoms with Gasteiger partial charge in [0, 0.05) is 25.3 Å². The first-order chi connectivity index (χ1) is 10.6. The Labute approximate surface area is 129 Å². The third kappa shape index (κ3) is 4.80. The van der Waals surface area contributed by atoms with Gasteiger partial charge in [-0.3, -0.25) is 14.5 Å². The van der Waals surface area contributed by atoms with Crippen molar-refractivity contribution in [3.63, 3.8) is 0 Å². The lowest BCUT2D eigenvalue weighted by Crippen LogP contribution is -2.43. The van der Waals surface area contributed by atoms with Gasteiger partial charge in [0.1, 0.15) is 0 Å². The maximum absolute atomic E-state index is 12.1. The molecule has 0 aromatic carbocycles. The van der Waals surface area contributed by atoms with Gasteiger partial charge in [-0.05, 0) is 25.9 Å². The molecule has 0 spiro atoms. The van der Waals surface area contributed by atoms with E-state index in [1.807, 2.05) is 11.8 Å². The molecule has 122 valence electrons. The molecule has 2 amide bonds. The van der Waals surface area contributed by atoms with Crippen molar-refractivity contribution >= 4 is 11.8 Å². The highest BCUT2D eigenvalue weighted by atomic mass is 16.5. The van der Waals surface area contributed by atoms with Crippen molar-refractivity contribution in [3.8, 4) is 0 Å². The predicted octanol–water partition coefficient (Wildman–Crippen LogP) is -0.512. The number of nitrogens with zero attached hydrogens (tertiary/aromatic N) is 3. The van der Waals surface area contributed by atoms with Crippen LogP contribution in [-0.4, -0.2) is 53.0 Å². The minimum Gasteiger partial charge on any atom is -0.369 e. The SMILES string of the molecule is CCc1noc(CCNC(=O)C2CCN(CC(N)=O)CC2)n1. The molecule has 0 saturated carbocycles. The van der Waals surface area contributed by atoms with Crippen molar-refractivity contribution in [3.05, 3.63) is 11.7 Å². The molecule has 22 heavy (non-hydrogen) atoms. The molecule has 0 bridgehead atoms. The van der Waals surface area contributed by atoms with E-state index in [1.54, 1.807) is 0 Å². The van der Waals surface area contributed by atoms with Gasteiger partial charge < -0.3 is 15.6 Å². The molecular weight excluding hydrogens is 286 g/mol. The molecule has 2 heterocycles. The third-order valence-electron chi connectivity index (χ3n) is 3.80. The second-order valence-corrected chi connectivity index (χ2v) is 5.52. The van der Waals surface area contributed by atoms with E-state index in [-0.39, 0.29) is 24.3 Å². The Morgan fingerprint density at radius 1 is 1.41 bits per heavy atom. The van der Waals surface area contributed by atoms with Crippen molar-refractivity contribution < 1.29 is 14.1 Å². The summed E-state index contributed by atoms with van der Waals surface area (Å²) in [6.45, 7) is 4.17. The van der Waals surface area contributed by atoms with Gasteiger partial charge in [-0.1, -0.05) is 12.1 Å². The van der Waals surface area contributed by atoms with Gasteiger partial charge in [-0.2, -0.15) is 4.98 Å². The maximum atomic E-state index is 12.1. The number of nitrogens with one attached hydrogen (secondary N) is 1. The number of aromatic nitrogens is 2. The van der Waals surface area contributed by atoms with Crippen LogP contribution in [-0.2, 0) is 22.4 Å². The number of nitrogens with two attached hydrogens (primary N) is 1. The zero-order valence-corrected chi connectivity index (χ0v) is 12.9. The average Bonchev–Trinajstić information content (AvgIpc) is 2.95. The van der Waals surface area contributed by atoms with E-state index in [0.29, 0.717) is 24.7 Å². The van der Waals surface area contributed by atoms with E-state index in [9.17, 15) is 9.59 Å². The van der Waals surface area contributed by atoms with Crippen LogP contribution < -0.4 is 11.1 Å². The van der Waals surface area contributed by atoms with Crippen molar-refractivity contribution in [2.45, 2.75) is 32.6 Å². The number of carbonyl (C=O) groups is 2. The lowest BCUT2D eigenvalue weighted by atomic mass is 9.96. The van der Waals surface area contributed by atoms with Crippen molar-refractivity contribution in [1.82, 2.24) is 20.4 Å². The highest BCUT2D eigenvalue weighted by Gasteiger charge is 2.25. The number of aryl methyl sites for hydroxylation is 1. The fourth-order valence-corrected chi connectivity index (χ4v) is 2.55. The number of likely N-dealkylation sites (tertiary alicyclic amines) is 1. The Hall–Kier alpha value is -1.96. The van der Waals surface area contributed by atoms with Crippen LogP contribution in [0.2, 0.25) is 0 Å². The van der Waals surface area contributed by atoms with Gasteiger partial charge in [0.15, 0.2) is 5.82 Å². The summed E-state index contributed by atoms with van der Waals surface area (Å²) in [5.41, 5.74) is 5.17. The van der Waals surface area contributed by atoms with Crippen molar-refractivity contribution in [2.24, 2.45) is 11.7 Å². The normalized spacial score (nSPS) is 16.6. The summed E-state index contributed by atoms with van der Waals surface area (Å²) >= 11 is 0. The van der Waals surface area contributed by atoms with Crippen LogP contribution in [0.5, 0.6) is 0 Å². The average molecular weight is 309 g/mol. The summed E-state index contributed by atoms with van der Waals surface area (Å²) in [6.07, 6.45) is 2.78. The van der Waals surface area contributed by atoms with Crippen LogP contribution in [0.3, 0.4) is 0 Å². The number of hydrogen-bond donors (Lipinski definition) is 2. The molecule has 2 rings (SSSR count). The van der Waals surface area contributed by atoms with Crippen LogP contribution in [0.1, 0.15) is 31.5 Å². The first-order valence-corrected chi connectivity index (χ1v) is 7.68. The summed E-state index contributed by atoms with van der Waals surface area (Å²) < 4.78 is 5.07. The lowest BCUT2D eigenvalue weighted by molar-refractivity contribution is -0.126. The highest BCUT2D eigenvalue weighted by Crippen LogP contribution is 2.16. The Morgan fingerprint density at radius 3 is 2.73 bits per heavy atom. The van der Waals surface area contributed by atoms with E-state index in [4.69, 9.17) is 10.3 Å². The number of rotatable bonds is 7. The quantitative estimate of drug-likeness (QED) is 0.701. The van der Waals surface area contributed by atoms with Gasteiger partial charge >= 0.3 is 0 Å². The summed E-state index contributed by atoms with van der Waals surface area (Å²) in [4.78, 5) is 29.1. The minimum atomic E-state index is -0.325. The van der Waals surface area contributed by atoms with E-state index in [1.165, 1.54) is 0 Å². The second-order valence-electron chi connectivity index (χ2n) is 5.52. The van der Waals surface area contributed by atoms with Crippen LogP contribution in [0, 0.1) is 5.92 Å². The van der Waals surface area contributed by atoms with Gasteiger partial charge in [-0.15, -0.1) is 0 Å². The first-order valence-electron chi connectivity index (χ1n) is 7.68. The first kappa shape index (κ1) is 16.4. The predicted molar refractivity (Wildman–Crippen MR) is 78.7 cm³/mol. The van der Waals surface area contributed by atoms with Crippen LogP contribution in [0.25, 0.3) is 0 Å². The second kappa shape index (κ2) is 7.88. The number of amides is 2. The number of hydrogen-bond acceptors (Lipinski definition) is 6. The molecule has 3 N–H and O–H groups in total. The molecule has 0 unspecified atom stereocenters. The Kier molecular flexibility index (Phi) is 5.88. The minimum absolute atomic E-state index is 0.00184. The Bertz CT molecular complexity index is 508.